The summed E-state index contributed by atoms with van der Waals surface area (Å²) in [4.78, 5) is 40.6. The average molecular weight is 557 g/mol. The normalized spacial score (nSPS) is 11.7. The van der Waals surface area contributed by atoms with Crippen LogP contribution in [-0.2, 0) is 17.8 Å². The third-order valence-corrected chi connectivity index (χ3v) is 6.02. The van der Waals surface area contributed by atoms with Crippen molar-refractivity contribution in [1.29, 1.82) is 0 Å². The van der Waals surface area contributed by atoms with E-state index in [0.29, 0.717) is 21.6 Å². The predicted octanol–water partition coefficient (Wildman–Crippen LogP) is 4.12. The quantitative estimate of drug-likeness (QED) is 0.328. The van der Waals surface area contributed by atoms with Gasteiger partial charge in [-0.05, 0) is 56.6 Å². The van der Waals surface area contributed by atoms with E-state index in [0.717, 1.165) is 22.8 Å². The molecule has 4 aromatic rings. The van der Waals surface area contributed by atoms with Crippen molar-refractivity contribution in [2.75, 3.05) is 26.5 Å². The molecule has 1 amide bonds. The van der Waals surface area contributed by atoms with Gasteiger partial charge in [-0.3, -0.25) is 14.7 Å². The lowest BCUT2D eigenvalue weighted by Gasteiger charge is -2.14. The summed E-state index contributed by atoms with van der Waals surface area (Å²) in [6.07, 6.45) is 0.347. The number of nitrogens with zero attached hydrogens (tertiary/aromatic N) is 5. The molecule has 0 atom stereocenters. The Balaban J connectivity index is 0.00000462. The SMILES string of the molecule is C=C/C(=C/F)n1c(=O)c2c(CN(C)C)n(-c3ccc(NC(=O)OC)cc3)nc2n(Cc2c(F)cccc2F)c1=O.[HH]. The first-order chi connectivity index (χ1) is 19.1. The van der Waals surface area contributed by atoms with E-state index in [1.807, 2.05) is 0 Å². The van der Waals surface area contributed by atoms with Gasteiger partial charge in [0.1, 0.15) is 23.4 Å². The predicted molar refractivity (Wildman–Crippen MR) is 146 cm³/mol. The average Bonchev–Trinajstić information content (AvgIpc) is 3.29. The molecule has 2 aromatic heterocycles. The van der Waals surface area contributed by atoms with Gasteiger partial charge in [0.15, 0.2) is 5.65 Å². The molecular formula is C27H27F3N6O4. The second-order valence-corrected chi connectivity index (χ2v) is 8.91. The molecule has 0 bridgehead atoms. The topological polar surface area (TPSA) is 103 Å². The summed E-state index contributed by atoms with van der Waals surface area (Å²) in [5.41, 5.74) is -1.84. The zero-order valence-corrected chi connectivity index (χ0v) is 21.8. The van der Waals surface area contributed by atoms with Crippen molar-refractivity contribution in [3.8, 4) is 5.69 Å². The number of methoxy groups -OCH3 is 1. The van der Waals surface area contributed by atoms with E-state index in [2.05, 4.69) is 21.7 Å². The Morgan fingerprint density at radius 1 is 1.15 bits per heavy atom. The first-order valence-electron chi connectivity index (χ1n) is 11.8. The molecule has 2 heterocycles. The molecule has 4 rings (SSSR count). The fourth-order valence-corrected chi connectivity index (χ4v) is 4.17. The van der Waals surface area contributed by atoms with Crippen LogP contribution in [0.2, 0.25) is 0 Å². The lowest BCUT2D eigenvalue weighted by Crippen LogP contribution is -2.40. The van der Waals surface area contributed by atoms with Gasteiger partial charge in [0.05, 0.1) is 30.7 Å². The fourth-order valence-electron chi connectivity index (χ4n) is 4.17. The van der Waals surface area contributed by atoms with Gasteiger partial charge in [0.2, 0.25) is 0 Å². The van der Waals surface area contributed by atoms with Gasteiger partial charge in [-0.15, -0.1) is 5.10 Å². The van der Waals surface area contributed by atoms with Crippen LogP contribution in [0.3, 0.4) is 0 Å². The van der Waals surface area contributed by atoms with E-state index >= 15 is 0 Å². The number of fused-ring (bicyclic) bond motifs is 1. The number of hydrogen-bond acceptors (Lipinski definition) is 6. The van der Waals surface area contributed by atoms with Crippen LogP contribution in [0.1, 0.15) is 12.7 Å². The van der Waals surface area contributed by atoms with Crippen LogP contribution in [0.15, 0.2) is 71.0 Å². The minimum Gasteiger partial charge on any atom is -0.453 e. The second-order valence-electron chi connectivity index (χ2n) is 8.91. The molecule has 10 nitrogen and oxygen atoms in total. The molecule has 0 fully saturated rings. The van der Waals surface area contributed by atoms with Crippen LogP contribution >= 0.6 is 0 Å². The first-order valence-corrected chi connectivity index (χ1v) is 11.8. The molecule has 1 N–H and O–H groups in total. The summed E-state index contributed by atoms with van der Waals surface area (Å²) in [5, 5.41) is 6.97. The Morgan fingerprint density at radius 2 is 1.80 bits per heavy atom. The molecule has 2 aromatic carbocycles. The van der Waals surface area contributed by atoms with Gasteiger partial charge in [0, 0.05) is 19.2 Å². The molecule has 0 aliphatic heterocycles. The number of ether oxygens (including phenoxy) is 1. The standard InChI is InChI=1S/C27H25F3N6O4.H2/c1-5-17(13-28)35-25(37)23-22(15-33(2)3)36(18-11-9-16(10-12-18)31-26(38)40-4)32-24(23)34(27(35)39)14-19-20(29)7-6-8-21(19)30;/h5-13H,1,14-15H2,2-4H3,(H,31,38);1H/b17-13-;. The number of aromatic nitrogens is 4. The third-order valence-electron chi connectivity index (χ3n) is 6.02. The lowest BCUT2D eigenvalue weighted by molar-refractivity contribution is 0.187. The zero-order chi connectivity index (χ0) is 29.1. The highest BCUT2D eigenvalue weighted by Gasteiger charge is 2.25. The molecule has 0 aliphatic carbocycles. The van der Waals surface area contributed by atoms with Crippen LogP contribution in [0, 0.1) is 11.6 Å². The maximum atomic E-state index is 14.6. The van der Waals surface area contributed by atoms with Crippen molar-refractivity contribution in [2.45, 2.75) is 13.1 Å². The van der Waals surface area contributed by atoms with Crippen molar-refractivity contribution >= 4 is 28.5 Å². The summed E-state index contributed by atoms with van der Waals surface area (Å²) >= 11 is 0. The number of allylic oxidation sites excluding steroid dienone is 2. The number of benzene rings is 2. The molecular weight excluding hydrogens is 529 g/mol. The Morgan fingerprint density at radius 3 is 2.35 bits per heavy atom. The van der Waals surface area contributed by atoms with E-state index < -0.39 is 46.8 Å². The van der Waals surface area contributed by atoms with Gasteiger partial charge in [-0.2, -0.15) is 0 Å². The minimum absolute atomic E-state index is 0. The highest BCUT2D eigenvalue weighted by Crippen LogP contribution is 2.23. The fraction of sp³-hybridized carbons (Fsp3) is 0.185. The van der Waals surface area contributed by atoms with Crippen LogP contribution in [-0.4, -0.2) is 51.1 Å². The maximum Gasteiger partial charge on any atom is 0.411 e. The maximum absolute atomic E-state index is 14.6. The van der Waals surface area contributed by atoms with E-state index in [1.54, 1.807) is 43.3 Å². The number of anilines is 1. The molecule has 0 saturated heterocycles. The number of nitrogens with one attached hydrogen (secondary N) is 1. The molecule has 0 unspecified atom stereocenters. The molecule has 13 heteroatoms. The van der Waals surface area contributed by atoms with Gasteiger partial charge >= 0.3 is 11.8 Å². The lowest BCUT2D eigenvalue weighted by atomic mass is 10.2. The molecule has 0 aliphatic rings. The Labute approximate surface area is 227 Å². The highest BCUT2D eigenvalue weighted by atomic mass is 19.1. The van der Waals surface area contributed by atoms with Crippen LogP contribution in [0.4, 0.5) is 23.7 Å². The summed E-state index contributed by atoms with van der Waals surface area (Å²) < 4.78 is 50.5. The van der Waals surface area contributed by atoms with E-state index in [-0.39, 0.29) is 25.3 Å². The second kappa shape index (κ2) is 11.5. The van der Waals surface area contributed by atoms with Gasteiger partial charge in [0.25, 0.3) is 5.56 Å². The third kappa shape index (κ3) is 5.18. The van der Waals surface area contributed by atoms with Gasteiger partial charge in [-0.1, -0.05) is 12.6 Å². The number of amides is 1. The molecule has 210 valence electrons. The summed E-state index contributed by atoms with van der Waals surface area (Å²) in [6.45, 7) is 2.97. The highest BCUT2D eigenvalue weighted by molar-refractivity contribution is 5.84. The van der Waals surface area contributed by atoms with Crippen LogP contribution in [0.5, 0.6) is 0 Å². The largest absolute Gasteiger partial charge is 0.453 e. The van der Waals surface area contributed by atoms with Gasteiger partial charge in [-0.25, -0.2) is 32.0 Å². The van der Waals surface area contributed by atoms with Crippen molar-refractivity contribution < 1.29 is 24.1 Å². The number of carbonyl (C=O) groups excluding carboxylic acids is 1. The summed E-state index contributed by atoms with van der Waals surface area (Å²) in [5.74, 6) is -1.83. The smallest absolute Gasteiger partial charge is 0.411 e. The Hall–Kier alpha value is -4.91. The van der Waals surface area contributed by atoms with Crippen molar-refractivity contribution in [3.63, 3.8) is 0 Å². The molecule has 0 radical (unpaired) electrons. The van der Waals surface area contributed by atoms with Crippen LogP contribution in [0.25, 0.3) is 22.4 Å². The van der Waals surface area contributed by atoms with Crippen LogP contribution < -0.4 is 16.6 Å². The van der Waals surface area contributed by atoms with Crippen molar-refractivity contribution in [2.24, 2.45) is 0 Å². The zero-order valence-electron chi connectivity index (χ0n) is 21.8. The van der Waals surface area contributed by atoms with Crippen molar-refractivity contribution in [3.05, 3.63) is 105 Å². The molecule has 0 saturated carbocycles. The first kappa shape index (κ1) is 28.1. The molecule has 0 spiro atoms. The van der Waals surface area contributed by atoms with E-state index in [9.17, 15) is 27.6 Å². The van der Waals surface area contributed by atoms with E-state index in [4.69, 9.17) is 0 Å². The number of hydrogen-bond donors (Lipinski definition) is 1. The monoisotopic (exact) mass is 556 g/mol. The minimum atomic E-state index is -1.07. The number of rotatable bonds is 8. The Kier molecular flexibility index (Phi) is 8.05. The van der Waals surface area contributed by atoms with Gasteiger partial charge < -0.3 is 9.64 Å². The number of halogens is 3. The number of carbonyl (C=O) groups is 1. The summed E-state index contributed by atoms with van der Waals surface area (Å²) in [6, 6.07) is 9.59. The van der Waals surface area contributed by atoms with E-state index in [1.165, 1.54) is 17.9 Å². The molecule has 40 heavy (non-hydrogen) atoms. The van der Waals surface area contributed by atoms with Crippen molar-refractivity contribution in [1.82, 2.24) is 23.8 Å². The Bertz CT molecular complexity index is 1740. The summed E-state index contributed by atoms with van der Waals surface area (Å²) in [7, 11) is 4.71.